The number of amides is 2. The van der Waals surface area contributed by atoms with Crippen molar-refractivity contribution >= 4 is 27.5 Å². The first-order valence-corrected chi connectivity index (χ1v) is 15.7. The van der Waals surface area contributed by atoms with Gasteiger partial charge in [0.1, 0.15) is 6.04 Å². The number of hydrogen-bond donors (Lipinski definition) is 1. The molecule has 0 radical (unpaired) electrons. The number of nitrogens with one attached hydrogen (secondary N) is 1. The van der Waals surface area contributed by atoms with E-state index < -0.39 is 16.1 Å². The van der Waals surface area contributed by atoms with Gasteiger partial charge in [-0.25, -0.2) is 8.42 Å². The van der Waals surface area contributed by atoms with Crippen LogP contribution in [0.25, 0.3) is 0 Å². The molecule has 0 spiro atoms. The van der Waals surface area contributed by atoms with Gasteiger partial charge in [0, 0.05) is 32.0 Å². The molecule has 0 aliphatic heterocycles. The molecular formula is C32H41N3O4S. The van der Waals surface area contributed by atoms with Crippen molar-refractivity contribution in [1.82, 2.24) is 10.2 Å². The Morgan fingerprint density at radius 3 is 1.93 bits per heavy atom. The van der Waals surface area contributed by atoms with E-state index in [1.807, 2.05) is 93.6 Å². The molecule has 7 nitrogen and oxygen atoms in total. The van der Waals surface area contributed by atoms with Crippen LogP contribution >= 0.6 is 0 Å². The third-order valence-corrected chi connectivity index (χ3v) is 7.88. The molecule has 0 saturated carbocycles. The molecule has 3 aromatic rings. The van der Waals surface area contributed by atoms with Gasteiger partial charge in [-0.3, -0.25) is 13.9 Å². The minimum absolute atomic E-state index is 0.0816. The van der Waals surface area contributed by atoms with Gasteiger partial charge < -0.3 is 10.2 Å². The van der Waals surface area contributed by atoms with Crippen molar-refractivity contribution in [3.8, 4) is 0 Å². The van der Waals surface area contributed by atoms with Gasteiger partial charge in [0.15, 0.2) is 0 Å². The minimum Gasteiger partial charge on any atom is -0.352 e. The van der Waals surface area contributed by atoms with Crippen LogP contribution < -0.4 is 9.62 Å². The second-order valence-electron chi connectivity index (χ2n) is 10.3. The van der Waals surface area contributed by atoms with Crippen LogP contribution in [0.2, 0.25) is 0 Å². The van der Waals surface area contributed by atoms with Crippen LogP contribution in [0.3, 0.4) is 0 Å². The Bertz CT molecular complexity index is 1330. The van der Waals surface area contributed by atoms with Crippen LogP contribution in [-0.2, 0) is 39.0 Å². The Labute approximate surface area is 239 Å². The predicted molar refractivity (Wildman–Crippen MR) is 161 cm³/mol. The molecule has 0 heterocycles. The van der Waals surface area contributed by atoms with E-state index in [-0.39, 0.29) is 37.4 Å². The van der Waals surface area contributed by atoms with Crippen molar-refractivity contribution in [1.29, 1.82) is 0 Å². The number of nitrogens with zero attached hydrogens (tertiary/aromatic N) is 2. The van der Waals surface area contributed by atoms with Crippen LogP contribution in [0.1, 0.15) is 50.3 Å². The summed E-state index contributed by atoms with van der Waals surface area (Å²) < 4.78 is 26.6. The molecule has 3 aromatic carbocycles. The van der Waals surface area contributed by atoms with Gasteiger partial charge >= 0.3 is 0 Å². The summed E-state index contributed by atoms with van der Waals surface area (Å²) in [6.07, 6.45) is 2.83. The lowest BCUT2D eigenvalue weighted by atomic mass is 10.0. The Kier molecular flexibility index (Phi) is 11.3. The summed E-state index contributed by atoms with van der Waals surface area (Å²) in [7, 11) is -3.54. The van der Waals surface area contributed by atoms with Gasteiger partial charge in [-0.15, -0.1) is 0 Å². The number of aryl methyl sites for hydroxylation is 1. The lowest BCUT2D eigenvalue weighted by molar-refractivity contribution is -0.141. The summed E-state index contributed by atoms with van der Waals surface area (Å²) >= 11 is 0. The Balaban J connectivity index is 1.84. The molecule has 0 saturated heterocycles. The van der Waals surface area contributed by atoms with Gasteiger partial charge in [-0.1, -0.05) is 79.7 Å². The van der Waals surface area contributed by atoms with Crippen molar-refractivity contribution < 1.29 is 18.0 Å². The number of rotatable bonds is 14. The zero-order valence-corrected chi connectivity index (χ0v) is 24.7. The number of benzene rings is 3. The van der Waals surface area contributed by atoms with E-state index in [4.69, 9.17) is 0 Å². The molecule has 0 bridgehead atoms. The van der Waals surface area contributed by atoms with E-state index in [2.05, 4.69) is 5.32 Å². The van der Waals surface area contributed by atoms with Gasteiger partial charge in [-0.05, 0) is 55.5 Å². The van der Waals surface area contributed by atoms with Crippen molar-refractivity contribution in [2.45, 2.75) is 65.1 Å². The Hall–Kier alpha value is -3.65. The Morgan fingerprint density at radius 2 is 1.40 bits per heavy atom. The van der Waals surface area contributed by atoms with E-state index in [1.54, 1.807) is 17.0 Å². The summed E-state index contributed by atoms with van der Waals surface area (Å²) in [4.78, 5) is 28.9. The maximum Gasteiger partial charge on any atom is 0.243 e. The normalized spacial score (nSPS) is 12.1. The van der Waals surface area contributed by atoms with Crippen LogP contribution in [0.15, 0.2) is 84.9 Å². The summed E-state index contributed by atoms with van der Waals surface area (Å²) in [6.45, 7) is 6.28. The highest BCUT2D eigenvalue weighted by atomic mass is 32.2. The zero-order chi connectivity index (χ0) is 29.1. The molecule has 0 unspecified atom stereocenters. The lowest BCUT2D eigenvalue weighted by Gasteiger charge is -2.32. The number of carbonyl (C=O) groups is 2. The van der Waals surface area contributed by atoms with Crippen molar-refractivity contribution in [3.63, 3.8) is 0 Å². The van der Waals surface area contributed by atoms with E-state index >= 15 is 0 Å². The molecular weight excluding hydrogens is 522 g/mol. The first-order valence-electron chi connectivity index (χ1n) is 13.8. The molecule has 0 aliphatic carbocycles. The van der Waals surface area contributed by atoms with Gasteiger partial charge in [-0.2, -0.15) is 0 Å². The van der Waals surface area contributed by atoms with Gasteiger partial charge in [0.2, 0.25) is 21.8 Å². The first kappa shape index (κ1) is 30.9. The van der Waals surface area contributed by atoms with E-state index in [9.17, 15) is 18.0 Å². The maximum absolute atomic E-state index is 13.8. The van der Waals surface area contributed by atoms with E-state index in [0.29, 0.717) is 18.5 Å². The summed E-state index contributed by atoms with van der Waals surface area (Å²) in [6, 6.07) is 25.9. The predicted octanol–water partition coefficient (Wildman–Crippen LogP) is 4.96. The summed E-state index contributed by atoms with van der Waals surface area (Å²) in [5.74, 6) is -0.407. The fourth-order valence-corrected chi connectivity index (χ4v) is 5.58. The molecule has 3 rings (SSSR count). The molecule has 0 fully saturated rings. The monoisotopic (exact) mass is 563 g/mol. The number of sulfonamides is 1. The van der Waals surface area contributed by atoms with E-state index in [0.717, 1.165) is 23.1 Å². The molecule has 2 amide bonds. The average molecular weight is 564 g/mol. The first-order chi connectivity index (χ1) is 19.1. The summed E-state index contributed by atoms with van der Waals surface area (Å²) in [5.41, 5.74) is 3.57. The smallest absolute Gasteiger partial charge is 0.243 e. The van der Waals surface area contributed by atoms with Crippen LogP contribution in [0.5, 0.6) is 0 Å². The standard InChI is InChI=1S/C32H41N3O4S/c1-5-26-18-20-29(21-19-26)35(40(4,38)39)22-12-17-31(36)34(24-28-15-10-7-11-16-28)30(32(37)33-25(2)3)23-27-13-8-6-9-14-27/h6-11,13-16,18-21,25,30H,5,12,17,22-24H2,1-4H3,(H,33,37)/t30-/m1/s1. The fraction of sp³-hybridized carbons (Fsp3) is 0.375. The quantitative estimate of drug-likeness (QED) is 0.300. The third-order valence-electron chi connectivity index (χ3n) is 6.68. The van der Waals surface area contributed by atoms with Crippen LogP contribution in [0.4, 0.5) is 5.69 Å². The second kappa shape index (κ2) is 14.7. The van der Waals surface area contributed by atoms with Crippen LogP contribution in [0, 0.1) is 0 Å². The summed E-state index contributed by atoms with van der Waals surface area (Å²) in [5, 5.41) is 2.99. The highest BCUT2D eigenvalue weighted by molar-refractivity contribution is 7.92. The molecule has 1 atom stereocenters. The Morgan fingerprint density at radius 1 is 0.825 bits per heavy atom. The number of carbonyl (C=O) groups excluding carboxylic acids is 2. The molecule has 0 aliphatic rings. The van der Waals surface area contributed by atoms with Crippen LogP contribution in [-0.4, -0.2) is 50.0 Å². The highest BCUT2D eigenvalue weighted by Gasteiger charge is 2.30. The van der Waals surface area contributed by atoms with Gasteiger partial charge in [0.05, 0.1) is 11.9 Å². The molecule has 0 aromatic heterocycles. The molecule has 40 heavy (non-hydrogen) atoms. The van der Waals surface area contributed by atoms with Gasteiger partial charge in [0.25, 0.3) is 0 Å². The fourth-order valence-electron chi connectivity index (χ4n) is 4.62. The number of anilines is 1. The molecule has 8 heteroatoms. The lowest BCUT2D eigenvalue weighted by Crippen LogP contribution is -2.51. The topological polar surface area (TPSA) is 86.8 Å². The third kappa shape index (κ3) is 9.23. The van der Waals surface area contributed by atoms with Crippen molar-refractivity contribution in [2.75, 3.05) is 17.1 Å². The van der Waals surface area contributed by atoms with Crippen molar-refractivity contribution in [2.24, 2.45) is 0 Å². The highest BCUT2D eigenvalue weighted by Crippen LogP contribution is 2.21. The second-order valence-corrected chi connectivity index (χ2v) is 12.2. The molecule has 214 valence electrons. The SMILES string of the molecule is CCc1ccc(N(CCCC(=O)N(Cc2ccccc2)[C@H](Cc2ccccc2)C(=O)NC(C)C)S(C)(=O)=O)cc1. The average Bonchev–Trinajstić information content (AvgIpc) is 2.93. The van der Waals surface area contributed by atoms with Crippen molar-refractivity contribution in [3.05, 3.63) is 102 Å². The largest absolute Gasteiger partial charge is 0.352 e. The molecule has 1 N–H and O–H groups in total. The number of hydrogen-bond acceptors (Lipinski definition) is 4. The zero-order valence-electron chi connectivity index (χ0n) is 23.9. The maximum atomic E-state index is 13.8. The van der Waals surface area contributed by atoms with E-state index in [1.165, 1.54) is 10.6 Å². The minimum atomic E-state index is -3.54.